The number of ketones is 1. The summed E-state index contributed by atoms with van der Waals surface area (Å²) in [5.74, 6) is 0.436. The number of aryl methyl sites for hydroxylation is 1. The van der Waals surface area contributed by atoms with Crippen LogP contribution in [0.4, 0.5) is 5.69 Å². The normalized spacial score (nSPS) is 14.2. The molecule has 1 heterocycles. The molecule has 0 amide bonds. The number of fused-ring (bicyclic) bond motifs is 1. The maximum Gasteiger partial charge on any atom is 0.269 e. The van der Waals surface area contributed by atoms with Gasteiger partial charge in [-0.3, -0.25) is 14.9 Å². The highest BCUT2D eigenvalue weighted by Gasteiger charge is 2.27. The van der Waals surface area contributed by atoms with Crippen molar-refractivity contribution < 1.29 is 14.2 Å². The minimum Gasteiger partial charge on any atom is -0.355 e. The summed E-state index contributed by atoms with van der Waals surface area (Å²) in [6.07, 6.45) is 2.02. The Morgan fingerprint density at radius 3 is 2.63 bits per heavy atom. The van der Waals surface area contributed by atoms with Gasteiger partial charge < -0.3 is 4.52 Å². The van der Waals surface area contributed by atoms with Gasteiger partial charge >= 0.3 is 0 Å². The predicted octanol–water partition coefficient (Wildman–Crippen LogP) is 2.77. The van der Waals surface area contributed by atoms with E-state index in [1.165, 1.54) is 12.1 Å². The number of carbonyl (C=O) groups is 1. The maximum absolute atomic E-state index is 11.9. The number of benzene rings is 1. The number of non-ortho nitro benzene ring substituents is 1. The molecule has 0 spiro atoms. The van der Waals surface area contributed by atoms with Gasteiger partial charge in [0.05, 0.1) is 16.2 Å². The lowest BCUT2D eigenvalue weighted by Crippen LogP contribution is -2.09. The van der Waals surface area contributed by atoms with Crippen LogP contribution in [0.25, 0.3) is 11.3 Å². The first-order valence-electron chi connectivity index (χ1n) is 5.93. The van der Waals surface area contributed by atoms with E-state index < -0.39 is 4.92 Å². The molecule has 0 radical (unpaired) electrons. The predicted molar refractivity (Wildman–Crippen MR) is 65.9 cm³/mol. The van der Waals surface area contributed by atoms with Crippen molar-refractivity contribution in [3.8, 4) is 11.3 Å². The molecule has 1 aliphatic carbocycles. The smallest absolute Gasteiger partial charge is 0.269 e. The van der Waals surface area contributed by atoms with Crippen molar-refractivity contribution in [2.24, 2.45) is 0 Å². The number of rotatable bonds is 2. The summed E-state index contributed by atoms with van der Waals surface area (Å²) in [7, 11) is 0. The van der Waals surface area contributed by atoms with Gasteiger partial charge in [0.15, 0.2) is 11.5 Å². The lowest BCUT2D eigenvalue weighted by atomic mass is 9.93. The van der Waals surface area contributed by atoms with E-state index in [0.717, 1.165) is 12.8 Å². The van der Waals surface area contributed by atoms with Gasteiger partial charge in [-0.05, 0) is 25.0 Å². The first-order valence-corrected chi connectivity index (χ1v) is 5.93. The number of hydrogen-bond acceptors (Lipinski definition) is 5. The average molecular weight is 258 g/mol. The molecule has 2 aromatic rings. The molecule has 3 rings (SSSR count). The maximum atomic E-state index is 11.9. The third-order valence-corrected chi connectivity index (χ3v) is 3.20. The van der Waals surface area contributed by atoms with Crippen molar-refractivity contribution in [3.63, 3.8) is 0 Å². The molecule has 1 aromatic carbocycles. The number of Topliss-reactive ketones (excluding diaryl/α,β-unsaturated/α-hetero) is 1. The molecular formula is C13H10N2O4. The fourth-order valence-corrected chi connectivity index (χ4v) is 2.25. The van der Waals surface area contributed by atoms with Gasteiger partial charge in [0, 0.05) is 24.1 Å². The highest BCUT2D eigenvalue weighted by molar-refractivity contribution is 6.02. The van der Waals surface area contributed by atoms with E-state index in [1.54, 1.807) is 12.1 Å². The Balaban J connectivity index is 2.05. The molecule has 0 unspecified atom stereocenters. The van der Waals surface area contributed by atoms with Crippen LogP contribution in [0.1, 0.15) is 28.9 Å². The van der Waals surface area contributed by atoms with Crippen LogP contribution in [-0.2, 0) is 6.42 Å². The average Bonchev–Trinajstić information content (AvgIpc) is 2.84. The van der Waals surface area contributed by atoms with Gasteiger partial charge in [-0.25, -0.2) is 0 Å². The SMILES string of the molecule is O=C1CCCc2noc(-c3ccc([N+](=O)[O-])cc3)c21. The Labute approximate surface area is 108 Å². The van der Waals surface area contributed by atoms with E-state index >= 15 is 0 Å². The Morgan fingerprint density at radius 1 is 1.21 bits per heavy atom. The molecule has 0 saturated carbocycles. The third-order valence-electron chi connectivity index (χ3n) is 3.20. The summed E-state index contributed by atoms with van der Waals surface area (Å²) >= 11 is 0. The van der Waals surface area contributed by atoms with Crippen LogP contribution >= 0.6 is 0 Å². The number of nitro benzene ring substituents is 1. The Hall–Kier alpha value is -2.50. The second-order valence-electron chi connectivity index (χ2n) is 4.41. The molecule has 0 saturated heterocycles. The zero-order chi connectivity index (χ0) is 13.4. The Bertz CT molecular complexity index is 658. The summed E-state index contributed by atoms with van der Waals surface area (Å²) < 4.78 is 5.23. The van der Waals surface area contributed by atoms with Gasteiger partial charge in [0.2, 0.25) is 0 Å². The van der Waals surface area contributed by atoms with E-state index in [-0.39, 0.29) is 11.5 Å². The lowest BCUT2D eigenvalue weighted by Gasteiger charge is -2.08. The van der Waals surface area contributed by atoms with Gasteiger partial charge in [-0.15, -0.1) is 0 Å². The quantitative estimate of drug-likeness (QED) is 0.610. The highest BCUT2D eigenvalue weighted by atomic mass is 16.6. The van der Waals surface area contributed by atoms with Crippen molar-refractivity contribution >= 4 is 11.5 Å². The minimum atomic E-state index is -0.467. The van der Waals surface area contributed by atoms with E-state index in [0.29, 0.717) is 29.0 Å². The van der Waals surface area contributed by atoms with Crippen molar-refractivity contribution in [1.82, 2.24) is 5.16 Å². The lowest BCUT2D eigenvalue weighted by molar-refractivity contribution is -0.384. The largest absolute Gasteiger partial charge is 0.355 e. The third kappa shape index (κ3) is 1.91. The van der Waals surface area contributed by atoms with Crippen LogP contribution in [0.5, 0.6) is 0 Å². The zero-order valence-corrected chi connectivity index (χ0v) is 9.96. The summed E-state index contributed by atoms with van der Waals surface area (Å²) in [6.45, 7) is 0. The first kappa shape index (κ1) is 11.6. The number of aromatic nitrogens is 1. The fraction of sp³-hybridized carbons (Fsp3) is 0.231. The van der Waals surface area contributed by atoms with E-state index in [2.05, 4.69) is 5.16 Å². The Kier molecular flexibility index (Phi) is 2.63. The van der Waals surface area contributed by atoms with Crippen LogP contribution in [0, 0.1) is 10.1 Å². The molecule has 6 nitrogen and oxygen atoms in total. The molecule has 0 atom stereocenters. The van der Waals surface area contributed by atoms with Crippen molar-refractivity contribution in [2.45, 2.75) is 19.3 Å². The molecule has 0 N–H and O–H groups in total. The van der Waals surface area contributed by atoms with Crippen molar-refractivity contribution in [1.29, 1.82) is 0 Å². The number of hydrogen-bond donors (Lipinski definition) is 0. The summed E-state index contributed by atoms with van der Waals surface area (Å²) in [5.41, 5.74) is 1.85. The van der Waals surface area contributed by atoms with E-state index in [4.69, 9.17) is 4.52 Å². The van der Waals surface area contributed by atoms with E-state index in [1.807, 2.05) is 0 Å². The number of nitro groups is 1. The molecule has 0 fully saturated rings. The van der Waals surface area contributed by atoms with Gasteiger partial charge in [-0.1, -0.05) is 5.16 Å². The molecule has 0 aliphatic heterocycles. The van der Waals surface area contributed by atoms with Crippen molar-refractivity contribution in [3.05, 3.63) is 45.6 Å². The Morgan fingerprint density at radius 2 is 1.95 bits per heavy atom. The molecular weight excluding hydrogens is 248 g/mol. The number of carbonyl (C=O) groups excluding carboxylic acids is 1. The molecule has 6 heteroatoms. The minimum absolute atomic E-state index is 0.00320. The van der Waals surface area contributed by atoms with Crippen LogP contribution in [-0.4, -0.2) is 15.9 Å². The molecule has 19 heavy (non-hydrogen) atoms. The molecule has 96 valence electrons. The highest BCUT2D eigenvalue weighted by Crippen LogP contribution is 2.32. The number of nitrogens with zero attached hydrogens (tertiary/aromatic N) is 2. The van der Waals surface area contributed by atoms with E-state index in [9.17, 15) is 14.9 Å². The van der Waals surface area contributed by atoms with Gasteiger partial charge in [0.25, 0.3) is 5.69 Å². The standard InChI is InChI=1S/C13H10N2O4/c16-11-3-1-2-10-12(11)13(19-14-10)8-4-6-9(7-5-8)15(17)18/h4-7H,1-3H2. The second-order valence-corrected chi connectivity index (χ2v) is 4.41. The zero-order valence-electron chi connectivity index (χ0n) is 9.96. The molecule has 0 bridgehead atoms. The van der Waals surface area contributed by atoms with Gasteiger partial charge in [0.1, 0.15) is 0 Å². The monoisotopic (exact) mass is 258 g/mol. The summed E-state index contributed by atoms with van der Waals surface area (Å²) in [4.78, 5) is 22.0. The van der Waals surface area contributed by atoms with Crippen LogP contribution < -0.4 is 0 Å². The summed E-state index contributed by atoms with van der Waals surface area (Å²) in [5, 5.41) is 14.5. The first-order chi connectivity index (χ1) is 9.16. The van der Waals surface area contributed by atoms with Gasteiger partial charge in [-0.2, -0.15) is 0 Å². The topological polar surface area (TPSA) is 86.2 Å². The second kappa shape index (κ2) is 4.31. The van der Waals surface area contributed by atoms with Crippen LogP contribution in [0.3, 0.4) is 0 Å². The molecule has 1 aromatic heterocycles. The summed E-state index contributed by atoms with van der Waals surface area (Å²) in [6, 6.07) is 5.91. The van der Waals surface area contributed by atoms with Crippen molar-refractivity contribution in [2.75, 3.05) is 0 Å². The fourth-order valence-electron chi connectivity index (χ4n) is 2.25. The molecule has 1 aliphatic rings. The van der Waals surface area contributed by atoms with Crippen LogP contribution in [0.15, 0.2) is 28.8 Å². The van der Waals surface area contributed by atoms with Crippen LogP contribution in [0.2, 0.25) is 0 Å².